The maximum absolute atomic E-state index is 13.7. The number of fused-ring (bicyclic) bond motifs is 1. The highest BCUT2D eigenvalue weighted by Crippen LogP contribution is 2.36. The standard InChI is InChI=1S/C22H17ClF2N2O3S2/c23-18-7-1-13(11-20(18)27-32(29,30)16-5-2-14(24)3-6-16)22(28)26-19-9-10-31-21-8-4-15(25)12-17(19)21/h1-8,11-12,19,27H,9-10H2,(H,26,28). The number of halogens is 3. The van der Waals surface area contributed by atoms with Crippen molar-refractivity contribution in [3.63, 3.8) is 0 Å². The maximum atomic E-state index is 13.7. The van der Waals surface area contributed by atoms with E-state index in [4.69, 9.17) is 11.6 Å². The van der Waals surface area contributed by atoms with Gasteiger partial charge >= 0.3 is 0 Å². The summed E-state index contributed by atoms with van der Waals surface area (Å²) in [5.41, 5.74) is 0.900. The number of hydrogen-bond acceptors (Lipinski definition) is 4. The molecule has 1 aliphatic heterocycles. The van der Waals surface area contributed by atoms with Crippen molar-refractivity contribution in [3.05, 3.63) is 88.4 Å². The average Bonchev–Trinajstić information content (AvgIpc) is 2.76. The van der Waals surface area contributed by atoms with Crippen LogP contribution >= 0.6 is 23.4 Å². The zero-order chi connectivity index (χ0) is 22.9. The molecule has 0 aromatic heterocycles. The van der Waals surface area contributed by atoms with Crippen LogP contribution in [0.2, 0.25) is 5.02 Å². The van der Waals surface area contributed by atoms with E-state index >= 15 is 0 Å². The van der Waals surface area contributed by atoms with Gasteiger partial charge in [0.2, 0.25) is 0 Å². The Balaban J connectivity index is 1.56. The van der Waals surface area contributed by atoms with Crippen molar-refractivity contribution in [2.75, 3.05) is 10.5 Å². The number of rotatable bonds is 5. The van der Waals surface area contributed by atoms with Crippen molar-refractivity contribution >= 4 is 45.0 Å². The summed E-state index contributed by atoms with van der Waals surface area (Å²) in [5.74, 6) is -0.624. The number of carbonyl (C=O) groups is 1. The third-order valence-corrected chi connectivity index (χ3v) is 7.75. The van der Waals surface area contributed by atoms with Crippen LogP contribution < -0.4 is 10.0 Å². The largest absolute Gasteiger partial charge is 0.345 e. The lowest BCUT2D eigenvalue weighted by molar-refractivity contribution is 0.0935. The Hall–Kier alpha value is -2.62. The normalized spacial score (nSPS) is 15.7. The van der Waals surface area contributed by atoms with Crippen molar-refractivity contribution in [2.45, 2.75) is 22.3 Å². The minimum absolute atomic E-state index is 0.00860. The molecule has 0 saturated carbocycles. The molecular formula is C22H17ClF2N2O3S2. The first-order chi connectivity index (χ1) is 15.2. The van der Waals surface area contributed by atoms with Crippen molar-refractivity contribution < 1.29 is 22.0 Å². The van der Waals surface area contributed by atoms with Gasteiger partial charge < -0.3 is 5.32 Å². The van der Waals surface area contributed by atoms with Crippen LogP contribution in [0, 0.1) is 11.6 Å². The van der Waals surface area contributed by atoms with Gasteiger partial charge in [0, 0.05) is 16.2 Å². The van der Waals surface area contributed by atoms with E-state index < -0.39 is 21.7 Å². The Labute approximate surface area is 193 Å². The lowest BCUT2D eigenvalue weighted by atomic mass is 10.0. The molecule has 0 radical (unpaired) electrons. The molecular weight excluding hydrogens is 478 g/mol. The molecule has 1 unspecified atom stereocenters. The number of benzene rings is 3. The van der Waals surface area contributed by atoms with Crippen molar-refractivity contribution in [1.29, 1.82) is 0 Å². The molecule has 10 heteroatoms. The fourth-order valence-corrected chi connectivity index (χ4v) is 5.72. The van der Waals surface area contributed by atoms with Crippen LogP contribution in [0.15, 0.2) is 70.5 Å². The summed E-state index contributed by atoms with van der Waals surface area (Å²) < 4.78 is 54.4. The highest BCUT2D eigenvalue weighted by molar-refractivity contribution is 7.99. The SMILES string of the molecule is O=C(NC1CCSc2ccc(F)cc21)c1ccc(Cl)c(NS(=O)(=O)c2ccc(F)cc2)c1. The van der Waals surface area contributed by atoms with E-state index in [1.54, 1.807) is 17.8 Å². The molecule has 0 aliphatic carbocycles. The van der Waals surface area contributed by atoms with E-state index in [9.17, 15) is 22.0 Å². The summed E-state index contributed by atoms with van der Waals surface area (Å²) in [6, 6.07) is 12.6. The molecule has 0 spiro atoms. The molecule has 2 N–H and O–H groups in total. The van der Waals surface area contributed by atoms with E-state index in [-0.39, 0.29) is 33.0 Å². The van der Waals surface area contributed by atoms with Gasteiger partial charge in [-0.25, -0.2) is 17.2 Å². The number of hydrogen-bond donors (Lipinski definition) is 2. The second kappa shape index (κ2) is 9.09. The van der Waals surface area contributed by atoms with Crippen LogP contribution in [0.4, 0.5) is 14.5 Å². The fraction of sp³-hybridized carbons (Fsp3) is 0.136. The van der Waals surface area contributed by atoms with Gasteiger partial charge in [-0.3, -0.25) is 9.52 Å². The van der Waals surface area contributed by atoms with Crippen LogP contribution in [-0.4, -0.2) is 20.1 Å². The van der Waals surface area contributed by atoms with E-state index in [0.29, 0.717) is 12.0 Å². The van der Waals surface area contributed by atoms with E-state index in [1.807, 2.05) is 0 Å². The molecule has 1 aliphatic rings. The van der Waals surface area contributed by atoms with E-state index in [1.165, 1.54) is 30.3 Å². The quantitative estimate of drug-likeness (QED) is 0.499. The van der Waals surface area contributed by atoms with Gasteiger partial charge in [-0.2, -0.15) is 0 Å². The van der Waals surface area contributed by atoms with Crippen LogP contribution in [0.3, 0.4) is 0 Å². The molecule has 32 heavy (non-hydrogen) atoms. The van der Waals surface area contributed by atoms with Gasteiger partial charge in [-0.1, -0.05) is 11.6 Å². The number of sulfonamides is 1. The highest BCUT2D eigenvalue weighted by atomic mass is 35.5. The van der Waals surface area contributed by atoms with Crippen LogP contribution in [0.5, 0.6) is 0 Å². The molecule has 1 atom stereocenters. The summed E-state index contributed by atoms with van der Waals surface area (Å²) in [5, 5.41) is 2.98. The van der Waals surface area contributed by atoms with Crippen molar-refractivity contribution in [3.8, 4) is 0 Å². The Morgan fingerprint density at radius 3 is 2.47 bits per heavy atom. The third-order valence-electron chi connectivity index (χ3n) is 4.91. The van der Waals surface area contributed by atoms with Gasteiger partial charge in [-0.05, 0) is 72.6 Å². The van der Waals surface area contributed by atoms with Gasteiger partial charge in [0.15, 0.2) is 0 Å². The summed E-state index contributed by atoms with van der Waals surface area (Å²) in [6.07, 6.45) is 0.629. The first-order valence-electron chi connectivity index (χ1n) is 9.54. The summed E-state index contributed by atoms with van der Waals surface area (Å²) in [4.78, 5) is 13.6. The van der Waals surface area contributed by atoms with Crippen LogP contribution in [-0.2, 0) is 10.0 Å². The van der Waals surface area contributed by atoms with E-state index in [2.05, 4.69) is 10.0 Å². The molecule has 166 valence electrons. The topological polar surface area (TPSA) is 75.3 Å². The first-order valence-corrected chi connectivity index (χ1v) is 12.4. The number of amides is 1. The zero-order valence-electron chi connectivity index (χ0n) is 16.4. The van der Waals surface area contributed by atoms with Crippen LogP contribution in [0.1, 0.15) is 28.4 Å². The summed E-state index contributed by atoms with van der Waals surface area (Å²) >= 11 is 7.73. The smallest absolute Gasteiger partial charge is 0.261 e. The maximum Gasteiger partial charge on any atom is 0.261 e. The Bertz CT molecular complexity index is 1280. The van der Waals surface area contributed by atoms with Gasteiger partial charge in [-0.15, -0.1) is 11.8 Å². The second-order valence-corrected chi connectivity index (χ2v) is 10.3. The predicted octanol–water partition coefficient (Wildman–Crippen LogP) is 5.39. The Kier molecular flexibility index (Phi) is 6.41. The second-order valence-electron chi connectivity index (χ2n) is 7.10. The number of carbonyl (C=O) groups excluding carboxylic acids is 1. The molecule has 4 rings (SSSR count). The van der Waals surface area contributed by atoms with Gasteiger partial charge in [0.1, 0.15) is 11.6 Å². The molecule has 5 nitrogen and oxygen atoms in total. The molecule has 3 aromatic rings. The highest BCUT2D eigenvalue weighted by Gasteiger charge is 2.24. The summed E-state index contributed by atoms with van der Waals surface area (Å²) in [7, 11) is -4.04. The molecule has 1 amide bonds. The molecule has 3 aromatic carbocycles. The Morgan fingerprint density at radius 2 is 1.72 bits per heavy atom. The Morgan fingerprint density at radius 1 is 1.00 bits per heavy atom. The lowest BCUT2D eigenvalue weighted by Gasteiger charge is -2.26. The van der Waals surface area contributed by atoms with Crippen molar-refractivity contribution in [2.24, 2.45) is 0 Å². The van der Waals surface area contributed by atoms with Crippen LogP contribution in [0.25, 0.3) is 0 Å². The average molecular weight is 495 g/mol. The van der Waals surface area contributed by atoms with E-state index in [0.717, 1.165) is 34.9 Å². The summed E-state index contributed by atoms with van der Waals surface area (Å²) in [6.45, 7) is 0. The predicted molar refractivity (Wildman–Crippen MR) is 121 cm³/mol. The molecule has 0 saturated heterocycles. The van der Waals surface area contributed by atoms with Gasteiger partial charge in [0.05, 0.1) is 21.6 Å². The number of nitrogens with one attached hydrogen (secondary N) is 2. The third kappa shape index (κ3) is 4.90. The molecule has 0 fully saturated rings. The molecule has 0 bridgehead atoms. The van der Waals surface area contributed by atoms with Gasteiger partial charge in [0.25, 0.3) is 15.9 Å². The first kappa shape index (κ1) is 22.6. The zero-order valence-corrected chi connectivity index (χ0v) is 18.8. The fourth-order valence-electron chi connectivity index (χ4n) is 3.32. The monoisotopic (exact) mass is 494 g/mol. The molecule has 1 heterocycles. The number of thioether (sulfide) groups is 1. The lowest BCUT2D eigenvalue weighted by Crippen LogP contribution is -2.30. The number of anilines is 1. The van der Waals surface area contributed by atoms with Crippen molar-refractivity contribution in [1.82, 2.24) is 5.32 Å². The minimum atomic E-state index is -4.04. The minimum Gasteiger partial charge on any atom is -0.345 e.